The lowest BCUT2D eigenvalue weighted by Crippen LogP contribution is -2.48. The first-order chi connectivity index (χ1) is 8.49. The molecule has 5 heteroatoms. The van der Waals surface area contributed by atoms with Crippen molar-refractivity contribution in [3.8, 4) is 0 Å². The molecule has 0 bridgehead atoms. The molecule has 1 heterocycles. The molecule has 0 saturated carbocycles. The summed E-state index contributed by atoms with van der Waals surface area (Å²) in [5.74, 6) is 0.0768. The summed E-state index contributed by atoms with van der Waals surface area (Å²) in [6.45, 7) is 2.47. The Kier molecular flexibility index (Phi) is 4.04. The van der Waals surface area contributed by atoms with Gasteiger partial charge in [-0.2, -0.15) is 4.31 Å². The van der Waals surface area contributed by atoms with Crippen LogP contribution in [0.25, 0.3) is 0 Å². The lowest BCUT2D eigenvalue weighted by molar-refractivity contribution is 0.247. The SMILES string of the molecule is C[C@H]1C[C@H](N)CCN1S(=O)(=O)Cc1ccccc1. The van der Waals surface area contributed by atoms with Crippen LogP contribution in [-0.4, -0.2) is 31.4 Å². The fourth-order valence-electron chi connectivity index (χ4n) is 2.47. The third kappa shape index (κ3) is 3.10. The molecule has 1 aliphatic rings. The van der Waals surface area contributed by atoms with Gasteiger partial charge in [-0.1, -0.05) is 30.3 Å². The molecule has 2 atom stereocenters. The highest BCUT2D eigenvalue weighted by Crippen LogP contribution is 2.21. The summed E-state index contributed by atoms with van der Waals surface area (Å²) in [5, 5.41) is 0. The zero-order valence-electron chi connectivity index (χ0n) is 10.6. The van der Waals surface area contributed by atoms with E-state index in [1.54, 1.807) is 4.31 Å². The second kappa shape index (κ2) is 5.38. The number of nitrogens with zero attached hydrogens (tertiary/aromatic N) is 1. The van der Waals surface area contributed by atoms with Crippen LogP contribution in [0.4, 0.5) is 0 Å². The van der Waals surface area contributed by atoms with Gasteiger partial charge in [-0.25, -0.2) is 8.42 Å². The molecule has 2 N–H and O–H groups in total. The second-order valence-corrected chi connectivity index (χ2v) is 6.91. The molecule has 1 aromatic carbocycles. The van der Waals surface area contributed by atoms with Gasteiger partial charge in [0, 0.05) is 18.6 Å². The van der Waals surface area contributed by atoms with E-state index < -0.39 is 10.0 Å². The quantitative estimate of drug-likeness (QED) is 0.899. The molecule has 4 nitrogen and oxygen atoms in total. The Bertz CT molecular complexity index is 487. The Morgan fingerprint density at radius 3 is 2.61 bits per heavy atom. The third-order valence-electron chi connectivity index (χ3n) is 3.40. The number of benzene rings is 1. The van der Waals surface area contributed by atoms with Crippen molar-refractivity contribution < 1.29 is 8.42 Å². The first-order valence-electron chi connectivity index (χ1n) is 6.28. The molecule has 0 amide bonds. The molecule has 0 unspecified atom stereocenters. The molecule has 0 aliphatic carbocycles. The minimum absolute atomic E-state index is 0.00228. The summed E-state index contributed by atoms with van der Waals surface area (Å²) in [6.07, 6.45) is 1.49. The summed E-state index contributed by atoms with van der Waals surface area (Å²) in [6, 6.07) is 9.43. The van der Waals surface area contributed by atoms with Crippen LogP contribution in [-0.2, 0) is 15.8 Å². The van der Waals surface area contributed by atoms with Crippen molar-refractivity contribution >= 4 is 10.0 Å². The fourth-order valence-corrected chi connectivity index (χ4v) is 4.27. The topological polar surface area (TPSA) is 63.4 Å². The Hall–Kier alpha value is -0.910. The number of nitrogens with two attached hydrogens (primary N) is 1. The number of sulfonamides is 1. The number of rotatable bonds is 3. The second-order valence-electron chi connectivity index (χ2n) is 4.99. The highest BCUT2D eigenvalue weighted by Gasteiger charge is 2.32. The number of piperidine rings is 1. The lowest BCUT2D eigenvalue weighted by atomic mass is 10.0. The zero-order valence-corrected chi connectivity index (χ0v) is 11.4. The van der Waals surface area contributed by atoms with E-state index in [0.717, 1.165) is 18.4 Å². The average molecular weight is 268 g/mol. The van der Waals surface area contributed by atoms with Crippen LogP contribution in [0.1, 0.15) is 25.3 Å². The van der Waals surface area contributed by atoms with E-state index in [1.165, 1.54) is 0 Å². The van der Waals surface area contributed by atoms with E-state index in [9.17, 15) is 8.42 Å². The third-order valence-corrected chi connectivity index (χ3v) is 5.36. The first kappa shape index (κ1) is 13.5. The maximum Gasteiger partial charge on any atom is 0.218 e. The van der Waals surface area contributed by atoms with Gasteiger partial charge < -0.3 is 5.73 Å². The predicted octanol–water partition coefficient (Wildman–Crippen LogP) is 1.33. The minimum atomic E-state index is -3.23. The summed E-state index contributed by atoms with van der Waals surface area (Å²) >= 11 is 0. The van der Waals surface area contributed by atoms with E-state index >= 15 is 0 Å². The smallest absolute Gasteiger partial charge is 0.218 e. The Balaban J connectivity index is 2.12. The van der Waals surface area contributed by atoms with Crippen LogP contribution in [0, 0.1) is 0 Å². The van der Waals surface area contributed by atoms with Crippen LogP contribution >= 0.6 is 0 Å². The molecule has 0 spiro atoms. The summed E-state index contributed by atoms with van der Waals surface area (Å²) in [7, 11) is -3.23. The first-order valence-corrected chi connectivity index (χ1v) is 7.89. The van der Waals surface area contributed by atoms with E-state index in [-0.39, 0.29) is 17.8 Å². The van der Waals surface area contributed by atoms with Gasteiger partial charge in [0.1, 0.15) is 0 Å². The van der Waals surface area contributed by atoms with Crippen molar-refractivity contribution in [3.63, 3.8) is 0 Å². The fraction of sp³-hybridized carbons (Fsp3) is 0.538. The molecule has 1 saturated heterocycles. The molecule has 100 valence electrons. The standard InChI is InChI=1S/C13H20N2O2S/c1-11-9-13(14)7-8-15(11)18(16,17)10-12-5-3-2-4-6-12/h2-6,11,13H,7-10,14H2,1H3/t11-,13+/m0/s1. The van der Waals surface area contributed by atoms with Gasteiger partial charge >= 0.3 is 0 Å². The average Bonchev–Trinajstić information content (AvgIpc) is 2.29. The van der Waals surface area contributed by atoms with Crippen LogP contribution in [0.15, 0.2) is 30.3 Å². The van der Waals surface area contributed by atoms with Crippen molar-refractivity contribution in [2.45, 2.75) is 37.6 Å². The molecule has 1 aliphatic heterocycles. The van der Waals surface area contributed by atoms with Crippen molar-refractivity contribution in [3.05, 3.63) is 35.9 Å². The van der Waals surface area contributed by atoms with Crippen molar-refractivity contribution in [1.82, 2.24) is 4.31 Å². The normalized spacial score (nSPS) is 26.1. The summed E-state index contributed by atoms with van der Waals surface area (Å²) in [4.78, 5) is 0. The molecule has 2 rings (SSSR count). The summed E-state index contributed by atoms with van der Waals surface area (Å²) in [5.41, 5.74) is 6.69. The highest BCUT2D eigenvalue weighted by molar-refractivity contribution is 7.88. The van der Waals surface area contributed by atoms with Gasteiger partial charge in [0.05, 0.1) is 5.75 Å². The molecule has 1 aromatic rings. The van der Waals surface area contributed by atoms with Crippen LogP contribution < -0.4 is 5.73 Å². The molecule has 18 heavy (non-hydrogen) atoms. The largest absolute Gasteiger partial charge is 0.328 e. The predicted molar refractivity (Wildman–Crippen MR) is 72.4 cm³/mol. The maximum atomic E-state index is 12.4. The molecular formula is C13H20N2O2S. The molecule has 1 fully saturated rings. The van der Waals surface area contributed by atoms with Crippen molar-refractivity contribution in [1.29, 1.82) is 0 Å². The van der Waals surface area contributed by atoms with Crippen LogP contribution in [0.3, 0.4) is 0 Å². The number of hydrogen-bond donors (Lipinski definition) is 1. The van der Waals surface area contributed by atoms with E-state index in [0.29, 0.717) is 6.54 Å². The number of hydrogen-bond acceptors (Lipinski definition) is 3. The summed E-state index contributed by atoms with van der Waals surface area (Å²) < 4.78 is 26.3. The molecule has 0 radical (unpaired) electrons. The minimum Gasteiger partial charge on any atom is -0.328 e. The van der Waals surface area contributed by atoms with Gasteiger partial charge in [0.15, 0.2) is 0 Å². The Morgan fingerprint density at radius 1 is 1.33 bits per heavy atom. The van der Waals surface area contributed by atoms with E-state index in [1.807, 2.05) is 37.3 Å². The van der Waals surface area contributed by atoms with Crippen LogP contribution in [0.2, 0.25) is 0 Å². The Morgan fingerprint density at radius 2 is 2.00 bits per heavy atom. The maximum absolute atomic E-state index is 12.4. The molecule has 0 aromatic heterocycles. The van der Waals surface area contributed by atoms with Gasteiger partial charge in [0.2, 0.25) is 10.0 Å². The van der Waals surface area contributed by atoms with Crippen LogP contribution in [0.5, 0.6) is 0 Å². The van der Waals surface area contributed by atoms with Gasteiger partial charge in [0.25, 0.3) is 0 Å². The van der Waals surface area contributed by atoms with E-state index in [4.69, 9.17) is 5.73 Å². The zero-order chi connectivity index (χ0) is 13.2. The lowest BCUT2D eigenvalue weighted by Gasteiger charge is -2.35. The van der Waals surface area contributed by atoms with Gasteiger partial charge in [-0.05, 0) is 25.3 Å². The van der Waals surface area contributed by atoms with Gasteiger partial charge in [-0.3, -0.25) is 0 Å². The Labute approximate surface area is 109 Å². The van der Waals surface area contributed by atoms with Crippen molar-refractivity contribution in [2.75, 3.05) is 6.54 Å². The van der Waals surface area contributed by atoms with Crippen molar-refractivity contribution in [2.24, 2.45) is 5.73 Å². The monoisotopic (exact) mass is 268 g/mol. The van der Waals surface area contributed by atoms with Gasteiger partial charge in [-0.15, -0.1) is 0 Å². The molecular weight excluding hydrogens is 248 g/mol. The highest BCUT2D eigenvalue weighted by atomic mass is 32.2. The van der Waals surface area contributed by atoms with E-state index in [2.05, 4.69) is 0 Å².